The molecular formula is C101H93Br2N27O4. The standard InChI is InChI=1S/C26H24N6O2.C25H22N6O2.C18H17BrN6.C18H18N6.C14H12BrN3/c1-16-24(31(3)30-29-16)20-13-21-22(18-8-7-9-19(12-18)26(33)34-4)15-32(25(21)28-14-20)17(2)23-10-5-6-11-27-23;1-15-23(30(3)29-28-15)19-12-20-21(17-7-6-8-18(11-17)25(32)33)14-31(24(20)27-13-19)16(2)22-9-4-5-10-26-22;1-11-17(24(3)23-22-11)13-8-14-15(19)10-25(18(14)21-9-13)12(2)16-6-4-5-7-20-16;1-12-17(23(3)22-21-12)15-10-14-7-9-24(18(14)20-11-15)13(2)16-6-4-5-8-19-16;1-10(13-4-2-3-6-16-13)18-7-5-11-8-12(15)9-17-14(11)18/h5-15,17H,1-4H3;4-14,16H,1-3H3,(H,32,33);4-10,12H,1-3H3;4-11,13H,1-3H3;2-10H,1H3/t17-;16-;12-;13-;10-/m00000/s1. The SMILES string of the molecule is COC(=O)c1cccc(-c2cn([C@@H](C)c3ccccn3)c3ncc(-c4c(C)nnn4C)cc23)c1.C[C@@H](c1ccccn1)n1ccc2cc(Br)cnc21.Cc1nnn(C)c1-c1cnc2c(c1)c(-c1cccc(C(=O)O)c1)cn2[C@@H](C)c1ccccn1.Cc1nnn(C)c1-c1cnc2c(c1)c(Br)cn2[C@@H](C)c1ccccn1.Cc1nnn(C)c1-c1cnc2c(ccn2[C@@H](C)c2ccccn2)c1. The summed E-state index contributed by atoms with van der Waals surface area (Å²) in [5.74, 6) is -1.33. The number of carboxylic acid groups (broad SMARTS) is 1. The van der Waals surface area contributed by atoms with Crippen molar-refractivity contribution in [3.8, 4) is 67.3 Å². The third-order valence-corrected chi connectivity index (χ3v) is 24.9. The first-order valence-electron chi connectivity index (χ1n) is 43.2. The number of carboxylic acids is 1. The van der Waals surface area contributed by atoms with Gasteiger partial charge in [0.25, 0.3) is 0 Å². The Kier molecular flexibility index (Phi) is 26.2. The lowest BCUT2D eigenvalue weighted by atomic mass is 10.0. The van der Waals surface area contributed by atoms with Crippen molar-refractivity contribution in [1.82, 2.24) is 133 Å². The fourth-order valence-electron chi connectivity index (χ4n) is 16.9. The van der Waals surface area contributed by atoms with E-state index in [2.05, 4.69) is 228 Å². The number of hydrogen-bond acceptors (Lipinski definition) is 21. The Morgan fingerprint density at radius 2 is 0.657 bits per heavy atom. The van der Waals surface area contributed by atoms with Crippen LogP contribution in [0.3, 0.4) is 0 Å². The van der Waals surface area contributed by atoms with Crippen LogP contribution in [0.15, 0.2) is 284 Å². The highest BCUT2D eigenvalue weighted by Crippen LogP contribution is 2.41. The second-order valence-electron chi connectivity index (χ2n) is 32.4. The number of halogens is 2. The van der Waals surface area contributed by atoms with Gasteiger partial charge in [-0.05, 0) is 233 Å². The smallest absolute Gasteiger partial charge is 0.337 e. The number of carbonyl (C=O) groups is 2. The zero-order chi connectivity index (χ0) is 93.7. The van der Waals surface area contributed by atoms with E-state index in [9.17, 15) is 14.7 Å². The van der Waals surface area contributed by atoms with E-state index < -0.39 is 5.97 Å². The minimum Gasteiger partial charge on any atom is -0.478 e. The van der Waals surface area contributed by atoms with Crippen molar-refractivity contribution in [3.05, 3.63) is 346 Å². The molecule has 134 heavy (non-hydrogen) atoms. The average Bonchev–Trinajstić information content (AvgIpc) is 1.61. The predicted molar refractivity (Wildman–Crippen MR) is 522 cm³/mol. The molecular weight excluding hydrogens is 1820 g/mol. The highest BCUT2D eigenvalue weighted by Gasteiger charge is 2.26. The Hall–Kier alpha value is -15.9. The summed E-state index contributed by atoms with van der Waals surface area (Å²) in [4.78, 5) is 69.7. The van der Waals surface area contributed by atoms with Gasteiger partial charge in [-0.1, -0.05) is 75.5 Å². The van der Waals surface area contributed by atoms with Crippen molar-refractivity contribution < 1.29 is 19.4 Å². The Morgan fingerprint density at radius 1 is 0.336 bits per heavy atom. The number of fused-ring (bicyclic) bond motifs is 5. The second kappa shape index (κ2) is 39.0. The third kappa shape index (κ3) is 18.4. The zero-order valence-corrected chi connectivity index (χ0v) is 79.0. The van der Waals surface area contributed by atoms with Crippen LogP contribution < -0.4 is 0 Å². The normalized spacial score (nSPS) is 12.4. The van der Waals surface area contributed by atoms with Crippen molar-refractivity contribution >= 4 is 99.0 Å². The molecule has 1 N–H and O–H groups in total. The summed E-state index contributed by atoms with van der Waals surface area (Å²) in [5, 5.41) is 47.7. The molecule has 670 valence electrons. The van der Waals surface area contributed by atoms with E-state index in [0.717, 1.165) is 183 Å². The lowest BCUT2D eigenvalue weighted by Gasteiger charge is -2.14. The van der Waals surface area contributed by atoms with Crippen molar-refractivity contribution in [2.24, 2.45) is 28.2 Å². The molecule has 0 spiro atoms. The lowest BCUT2D eigenvalue weighted by Crippen LogP contribution is -2.07. The first kappa shape index (κ1) is 90.1. The summed E-state index contributed by atoms with van der Waals surface area (Å²) < 4.78 is 24.6. The molecule has 0 aliphatic rings. The number of ether oxygens (including phenoxy) is 1. The van der Waals surface area contributed by atoms with Crippen LogP contribution in [0.25, 0.3) is 122 Å². The maximum absolute atomic E-state index is 12.2. The molecule has 0 unspecified atom stereocenters. The van der Waals surface area contributed by atoms with Crippen LogP contribution in [-0.4, -0.2) is 157 Å². The van der Waals surface area contributed by atoms with E-state index in [1.807, 2.05) is 227 Å². The van der Waals surface area contributed by atoms with E-state index in [0.29, 0.717) is 5.56 Å². The van der Waals surface area contributed by atoms with E-state index in [-0.39, 0.29) is 41.7 Å². The number of aryl methyl sites for hydroxylation is 8. The number of carbonyl (C=O) groups excluding carboxylic acids is 1. The molecule has 0 saturated carbocycles. The second-order valence-corrected chi connectivity index (χ2v) is 34.2. The average molecular weight is 1910 g/mol. The third-order valence-electron chi connectivity index (χ3n) is 23.8. The van der Waals surface area contributed by atoms with Gasteiger partial charge in [0, 0.05) is 190 Å². The Balaban J connectivity index is 0.000000118. The molecule has 0 aliphatic carbocycles. The van der Waals surface area contributed by atoms with E-state index in [4.69, 9.17) is 24.7 Å². The quantitative estimate of drug-likeness (QED) is 0.0780. The van der Waals surface area contributed by atoms with Crippen LogP contribution in [0.5, 0.6) is 0 Å². The summed E-state index contributed by atoms with van der Waals surface area (Å²) >= 11 is 7.11. The summed E-state index contributed by atoms with van der Waals surface area (Å²) in [7, 11) is 8.90. The molecule has 0 radical (unpaired) electrons. The number of esters is 1. The number of aromatic nitrogens is 27. The van der Waals surface area contributed by atoms with Gasteiger partial charge in [-0.2, -0.15) is 0 Å². The minimum absolute atomic E-state index is 0.0419. The Bertz CT molecular complexity index is 7740. The number of pyridine rings is 10. The number of rotatable bonds is 18. The van der Waals surface area contributed by atoms with E-state index in [1.54, 1.807) is 55.4 Å². The molecule has 0 bridgehead atoms. The number of benzene rings is 2. The highest BCUT2D eigenvalue weighted by atomic mass is 79.9. The van der Waals surface area contributed by atoms with Crippen LogP contribution in [-0.2, 0) is 32.9 Å². The Labute approximate surface area is 787 Å². The van der Waals surface area contributed by atoms with Crippen molar-refractivity contribution in [2.75, 3.05) is 7.11 Å². The minimum atomic E-state index is -0.960. The number of methoxy groups -OCH3 is 1. The highest BCUT2D eigenvalue weighted by molar-refractivity contribution is 9.11. The van der Waals surface area contributed by atoms with E-state index >= 15 is 0 Å². The van der Waals surface area contributed by atoms with Gasteiger partial charge in [0.05, 0.1) is 122 Å². The maximum atomic E-state index is 12.2. The zero-order valence-electron chi connectivity index (χ0n) is 75.9. The summed E-state index contributed by atoms with van der Waals surface area (Å²) in [6, 6.07) is 59.0. The van der Waals surface area contributed by atoms with Gasteiger partial charge in [-0.3, -0.25) is 24.9 Å². The monoisotopic (exact) mass is 1910 g/mol. The van der Waals surface area contributed by atoms with Crippen molar-refractivity contribution in [2.45, 2.75) is 92.5 Å². The van der Waals surface area contributed by atoms with Gasteiger partial charge in [0.1, 0.15) is 28.2 Å². The Morgan fingerprint density at radius 3 is 1.01 bits per heavy atom. The molecule has 21 aromatic rings. The first-order valence-corrected chi connectivity index (χ1v) is 44.8. The molecule has 0 fully saturated rings. The molecule has 31 nitrogen and oxygen atoms in total. The largest absolute Gasteiger partial charge is 0.478 e. The summed E-state index contributed by atoms with van der Waals surface area (Å²) in [5.41, 5.74) is 24.8. The topological polar surface area (TPSA) is 340 Å². The fourth-order valence-corrected chi connectivity index (χ4v) is 17.8. The predicted octanol–water partition coefficient (Wildman–Crippen LogP) is 20.0. The van der Waals surface area contributed by atoms with Gasteiger partial charge in [0.15, 0.2) is 0 Å². The molecule has 2 aromatic carbocycles. The molecule has 33 heteroatoms. The van der Waals surface area contributed by atoms with Crippen LogP contribution in [0.2, 0.25) is 0 Å². The van der Waals surface area contributed by atoms with Crippen molar-refractivity contribution in [1.29, 1.82) is 0 Å². The molecule has 19 aromatic heterocycles. The van der Waals surface area contributed by atoms with E-state index in [1.165, 1.54) is 7.11 Å². The number of aromatic carboxylic acids is 1. The molecule has 21 rings (SSSR count). The fraction of sp³-hybridized carbons (Fsp3) is 0.188. The molecule has 0 aliphatic heterocycles. The van der Waals surface area contributed by atoms with Gasteiger partial charge in [-0.25, -0.2) is 53.2 Å². The maximum Gasteiger partial charge on any atom is 0.337 e. The van der Waals surface area contributed by atoms with Gasteiger partial charge in [0.2, 0.25) is 0 Å². The lowest BCUT2D eigenvalue weighted by molar-refractivity contribution is 0.0599. The van der Waals surface area contributed by atoms with Crippen LogP contribution >= 0.6 is 31.9 Å². The van der Waals surface area contributed by atoms with Crippen LogP contribution in [0, 0.1) is 27.7 Å². The van der Waals surface area contributed by atoms with Gasteiger partial charge in [-0.15, -0.1) is 20.4 Å². The molecule has 0 amide bonds. The van der Waals surface area contributed by atoms with Crippen molar-refractivity contribution in [3.63, 3.8) is 0 Å². The summed E-state index contributed by atoms with van der Waals surface area (Å²) in [6.07, 6.45) is 28.6. The number of hydrogen-bond donors (Lipinski definition) is 1. The first-order chi connectivity index (χ1) is 64.9. The van der Waals surface area contributed by atoms with Gasteiger partial charge >= 0.3 is 11.9 Å². The van der Waals surface area contributed by atoms with Gasteiger partial charge < -0.3 is 32.7 Å². The van der Waals surface area contributed by atoms with Crippen LogP contribution in [0.4, 0.5) is 0 Å². The number of nitrogens with zero attached hydrogens (tertiary/aromatic N) is 27. The molecule has 0 saturated heterocycles. The molecule has 5 atom stereocenters. The molecule has 19 heterocycles. The summed E-state index contributed by atoms with van der Waals surface area (Å²) in [6.45, 7) is 18.3. The van der Waals surface area contributed by atoms with Crippen LogP contribution in [0.1, 0.15) is 137 Å².